The van der Waals surface area contributed by atoms with Crippen LogP contribution >= 0.6 is 11.3 Å². The number of nitrogens with two attached hydrogens (primary N) is 1. The van der Waals surface area contributed by atoms with Crippen molar-refractivity contribution in [3.05, 3.63) is 28.7 Å². The molecule has 1 saturated heterocycles. The van der Waals surface area contributed by atoms with Crippen molar-refractivity contribution in [2.45, 2.75) is 31.1 Å². The largest absolute Gasteiger partial charge is 0.394 e. The molecule has 1 aliphatic heterocycles. The maximum absolute atomic E-state index is 10.4. The first-order valence-electron chi connectivity index (χ1n) is 7.97. The molecule has 138 valence electrons. The molecule has 0 amide bonds. The van der Waals surface area contributed by atoms with Crippen molar-refractivity contribution >= 4 is 34.3 Å². The van der Waals surface area contributed by atoms with E-state index in [1.165, 1.54) is 10.9 Å². The van der Waals surface area contributed by atoms with Crippen LogP contribution in [0.1, 0.15) is 11.1 Å². The summed E-state index contributed by atoms with van der Waals surface area (Å²) < 4.78 is 7.17. The Hall–Kier alpha value is -2.31. The second kappa shape index (κ2) is 6.78. The summed E-state index contributed by atoms with van der Waals surface area (Å²) in [6.45, 7) is 0.0829. The fourth-order valence-electron chi connectivity index (χ4n) is 2.96. The molecular weight excluding hydrogens is 360 g/mol. The Kier molecular flexibility index (Phi) is 4.46. The van der Waals surface area contributed by atoms with Gasteiger partial charge in [-0.1, -0.05) is 6.07 Å². The standard InChI is InChI=1S/C15H18N6O4S/c16-12-9-13(19-6-18-12)21(14-11(24)10(23)8(5-22)25-14)15(20-9)17-4-7-2-1-3-26-7/h1-3,6,8,10-11,14,22-24H,4-5H2,(H,17,20)(H2,16,18,19)/t8-,10-,11-,14-/m1/s1. The third-order valence-corrected chi connectivity index (χ3v) is 5.15. The highest BCUT2D eigenvalue weighted by Crippen LogP contribution is 2.35. The third-order valence-electron chi connectivity index (χ3n) is 4.28. The van der Waals surface area contributed by atoms with Crippen LogP contribution < -0.4 is 11.1 Å². The van der Waals surface area contributed by atoms with Crippen molar-refractivity contribution in [2.75, 3.05) is 17.7 Å². The summed E-state index contributed by atoms with van der Waals surface area (Å²) in [5.41, 5.74) is 6.62. The summed E-state index contributed by atoms with van der Waals surface area (Å²) in [4.78, 5) is 13.7. The summed E-state index contributed by atoms with van der Waals surface area (Å²) in [7, 11) is 0. The predicted octanol–water partition coefficient (Wildman–Crippen LogP) is -0.306. The molecule has 10 nitrogen and oxygen atoms in total. The maximum Gasteiger partial charge on any atom is 0.207 e. The minimum atomic E-state index is -1.26. The minimum absolute atomic E-state index is 0.194. The van der Waals surface area contributed by atoms with E-state index in [0.29, 0.717) is 23.7 Å². The van der Waals surface area contributed by atoms with Crippen LogP contribution in [0, 0.1) is 0 Å². The molecule has 4 heterocycles. The molecule has 0 aliphatic carbocycles. The summed E-state index contributed by atoms with van der Waals surface area (Å²) >= 11 is 1.59. The van der Waals surface area contributed by atoms with E-state index in [4.69, 9.17) is 10.5 Å². The molecule has 4 rings (SSSR count). The molecule has 0 unspecified atom stereocenters. The molecule has 11 heteroatoms. The highest BCUT2D eigenvalue weighted by molar-refractivity contribution is 7.09. The van der Waals surface area contributed by atoms with Gasteiger partial charge in [-0.3, -0.25) is 4.57 Å². The Morgan fingerprint density at radius 2 is 2.15 bits per heavy atom. The van der Waals surface area contributed by atoms with Crippen LogP contribution in [0.5, 0.6) is 0 Å². The highest BCUT2D eigenvalue weighted by Gasteiger charge is 2.45. The molecule has 3 aromatic heterocycles. The minimum Gasteiger partial charge on any atom is -0.394 e. The molecule has 0 spiro atoms. The molecule has 4 atom stereocenters. The van der Waals surface area contributed by atoms with Crippen LogP contribution in [0.2, 0.25) is 0 Å². The van der Waals surface area contributed by atoms with Crippen molar-refractivity contribution in [3.63, 3.8) is 0 Å². The fourth-order valence-corrected chi connectivity index (χ4v) is 3.61. The number of aromatic nitrogens is 4. The Labute approximate surface area is 151 Å². The van der Waals surface area contributed by atoms with Gasteiger partial charge < -0.3 is 31.1 Å². The Bertz CT molecular complexity index is 901. The van der Waals surface area contributed by atoms with Gasteiger partial charge in [0.15, 0.2) is 23.2 Å². The molecule has 6 N–H and O–H groups in total. The number of nitrogen functional groups attached to an aromatic ring is 1. The van der Waals surface area contributed by atoms with Gasteiger partial charge in [0.1, 0.15) is 24.6 Å². The Morgan fingerprint density at radius 3 is 2.85 bits per heavy atom. The van der Waals surface area contributed by atoms with Crippen molar-refractivity contribution in [3.8, 4) is 0 Å². The van der Waals surface area contributed by atoms with Crippen molar-refractivity contribution in [2.24, 2.45) is 0 Å². The lowest BCUT2D eigenvalue weighted by atomic mass is 10.1. The Morgan fingerprint density at radius 1 is 1.31 bits per heavy atom. The first-order chi connectivity index (χ1) is 12.6. The van der Waals surface area contributed by atoms with Crippen LogP contribution in [0.4, 0.5) is 11.8 Å². The number of aliphatic hydroxyl groups excluding tert-OH is 3. The highest BCUT2D eigenvalue weighted by atomic mass is 32.1. The third kappa shape index (κ3) is 2.79. The van der Waals surface area contributed by atoms with Gasteiger partial charge >= 0.3 is 0 Å². The average Bonchev–Trinajstić information content (AvgIpc) is 3.34. The van der Waals surface area contributed by atoms with E-state index >= 15 is 0 Å². The van der Waals surface area contributed by atoms with E-state index in [2.05, 4.69) is 20.3 Å². The van der Waals surface area contributed by atoms with E-state index in [1.54, 1.807) is 11.3 Å². The number of nitrogens with one attached hydrogen (secondary N) is 1. The smallest absolute Gasteiger partial charge is 0.207 e. The van der Waals surface area contributed by atoms with Crippen molar-refractivity contribution in [1.82, 2.24) is 19.5 Å². The van der Waals surface area contributed by atoms with E-state index in [1.807, 2.05) is 17.5 Å². The summed E-state index contributed by atoms with van der Waals surface area (Å²) in [5, 5.41) is 35.0. The fraction of sp³-hybridized carbons (Fsp3) is 0.400. The lowest BCUT2D eigenvalue weighted by Crippen LogP contribution is -2.33. The zero-order valence-electron chi connectivity index (χ0n) is 13.6. The van der Waals surface area contributed by atoms with Gasteiger partial charge in [-0.2, -0.15) is 0 Å². The number of aliphatic hydroxyl groups is 3. The Balaban J connectivity index is 1.76. The normalized spacial score (nSPS) is 25.8. The molecule has 3 aromatic rings. The van der Waals surface area contributed by atoms with Crippen LogP contribution in [-0.2, 0) is 11.3 Å². The predicted molar refractivity (Wildman–Crippen MR) is 94.4 cm³/mol. The number of hydrogen-bond acceptors (Lipinski definition) is 10. The summed E-state index contributed by atoms with van der Waals surface area (Å²) in [6.07, 6.45) is -3.08. The van der Waals surface area contributed by atoms with Gasteiger partial charge in [0, 0.05) is 4.88 Å². The van der Waals surface area contributed by atoms with Crippen LogP contribution in [0.3, 0.4) is 0 Å². The number of imidazole rings is 1. The van der Waals surface area contributed by atoms with Crippen LogP contribution in [-0.4, -0.2) is 59.8 Å². The molecular formula is C15H18N6O4S. The van der Waals surface area contributed by atoms with Gasteiger partial charge in [-0.15, -0.1) is 11.3 Å². The molecule has 1 aliphatic rings. The van der Waals surface area contributed by atoms with Crippen molar-refractivity contribution < 1.29 is 20.1 Å². The average molecular weight is 378 g/mol. The maximum atomic E-state index is 10.4. The zero-order chi connectivity index (χ0) is 18.3. The molecule has 26 heavy (non-hydrogen) atoms. The van der Waals surface area contributed by atoms with E-state index in [-0.39, 0.29) is 5.82 Å². The van der Waals surface area contributed by atoms with Gasteiger partial charge in [0.2, 0.25) is 5.95 Å². The topological polar surface area (TPSA) is 152 Å². The molecule has 0 bridgehead atoms. The van der Waals surface area contributed by atoms with E-state index in [9.17, 15) is 15.3 Å². The van der Waals surface area contributed by atoms with Gasteiger partial charge in [-0.25, -0.2) is 15.0 Å². The molecule has 0 aromatic carbocycles. The van der Waals surface area contributed by atoms with E-state index in [0.717, 1.165) is 4.88 Å². The first kappa shape index (κ1) is 17.1. The molecule has 1 fully saturated rings. The lowest BCUT2D eigenvalue weighted by molar-refractivity contribution is -0.0501. The van der Waals surface area contributed by atoms with Crippen molar-refractivity contribution in [1.29, 1.82) is 0 Å². The second-order valence-corrected chi connectivity index (χ2v) is 6.93. The SMILES string of the molecule is Nc1ncnc2c1nc(NCc1cccs1)n2[C@@H]1O[C@H](CO)[C@@H](O)[C@H]1O. The number of anilines is 2. The van der Waals surface area contributed by atoms with Crippen LogP contribution in [0.15, 0.2) is 23.8 Å². The monoisotopic (exact) mass is 378 g/mol. The number of nitrogens with zero attached hydrogens (tertiary/aromatic N) is 4. The van der Waals surface area contributed by atoms with E-state index < -0.39 is 31.1 Å². The quantitative estimate of drug-likeness (QED) is 0.403. The summed E-state index contributed by atoms with van der Waals surface area (Å²) in [6, 6.07) is 3.92. The van der Waals surface area contributed by atoms with Gasteiger partial charge in [0.05, 0.1) is 13.2 Å². The van der Waals surface area contributed by atoms with Gasteiger partial charge in [0.25, 0.3) is 0 Å². The number of thiophene rings is 1. The van der Waals surface area contributed by atoms with Gasteiger partial charge in [-0.05, 0) is 11.4 Å². The number of fused-ring (bicyclic) bond motifs is 1. The number of hydrogen-bond donors (Lipinski definition) is 5. The number of ether oxygens (including phenoxy) is 1. The zero-order valence-corrected chi connectivity index (χ0v) is 14.4. The molecule has 0 radical (unpaired) electrons. The lowest BCUT2D eigenvalue weighted by Gasteiger charge is -2.19. The first-order valence-corrected chi connectivity index (χ1v) is 8.85. The number of rotatable bonds is 5. The van der Waals surface area contributed by atoms with Crippen LogP contribution in [0.25, 0.3) is 11.2 Å². The second-order valence-electron chi connectivity index (χ2n) is 5.90. The molecule has 0 saturated carbocycles. The summed E-state index contributed by atoms with van der Waals surface area (Å²) in [5.74, 6) is 0.565.